The summed E-state index contributed by atoms with van der Waals surface area (Å²) in [6, 6.07) is 16.3. The van der Waals surface area contributed by atoms with Crippen LogP contribution in [0.1, 0.15) is 30.1 Å². The summed E-state index contributed by atoms with van der Waals surface area (Å²) in [5.74, 6) is 0.195. The molecule has 0 aliphatic rings. The van der Waals surface area contributed by atoms with E-state index >= 15 is 0 Å². The number of Topliss-reactive ketones (excluding diaryl/α,β-unsaturated/α-hetero) is 1. The van der Waals surface area contributed by atoms with Gasteiger partial charge in [0.25, 0.3) is 0 Å². The van der Waals surface area contributed by atoms with Crippen LogP contribution in [0.5, 0.6) is 0 Å². The van der Waals surface area contributed by atoms with Gasteiger partial charge in [0.1, 0.15) is 0 Å². The monoisotopic (exact) mass is 615 g/mol. The van der Waals surface area contributed by atoms with Gasteiger partial charge in [-0.3, -0.25) is 0 Å². The number of hydrogen-bond donors (Lipinski definition) is 1. The van der Waals surface area contributed by atoms with Crippen molar-refractivity contribution < 1.29 is 4.79 Å². The number of benzene rings is 2. The molecule has 2 nitrogen and oxygen atoms in total. The van der Waals surface area contributed by atoms with E-state index in [1.54, 1.807) is 0 Å². The Kier molecular flexibility index (Phi) is 9.36. The summed E-state index contributed by atoms with van der Waals surface area (Å²) in [6.45, 7) is 3.19. The Bertz CT molecular complexity index is 771. The maximum atomic E-state index is 12.8. The van der Waals surface area contributed by atoms with Crippen molar-refractivity contribution >= 4 is 76.9 Å². The Morgan fingerprint density at radius 2 is 1.92 bits per heavy atom. The molecule has 0 saturated carbocycles. The topological polar surface area (TPSA) is 29.1 Å². The van der Waals surface area contributed by atoms with Gasteiger partial charge in [-0.1, -0.05) is 0 Å². The fourth-order valence-electron chi connectivity index (χ4n) is 2.18. The standard InChI is InChI=1S/C18H20Br2NOPSe2/c1-2-3-11-21-23(24,15-7-5-4-6-8-15)25-13-18(22)16-12-14(19)9-10-17(16)20/h4-10,12H,2-3,11,13H2,1H3,(H,21,24). The van der Waals surface area contributed by atoms with Crippen LogP contribution in [0, 0.1) is 0 Å². The molecule has 25 heavy (non-hydrogen) atoms. The quantitative estimate of drug-likeness (QED) is 0.183. The molecule has 0 aromatic heterocycles. The molecule has 0 aliphatic heterocycles. The van der Waals surface area contributed by atoms with Crippen LogP contribution >= 0.6 is 36.2 Å². The molecule has 0 radical (unpaired) electrons. The van der Waals surface area contributed by atoms with Gasteiger partial charge in [-0.15, -0.1) is 0 Å². The van der Waals surface area contributed by atoms with Crippen molar-refractivity contribution in [3.8, 4) is 0 Å². The molecule has 0 saturated heterocycles. The van der Waals surface area contributed by atoms with E-state index in [2.05, 4.69) is 83.2 Å². The van der Waals surface area contributed by atoms with Crippen molar-refractivity contribution in [1.29, 1.82) is 0 Å². The molecule has 0 heterocycles. The second kappa shape index (κ2) is 10.7. The van der Waals surface area contributed by atoms with Crippen LogP contribution in [-0.2, 0) is 0 Å². The summed E-state index contributed by atoms with van der Waals surface area (Å²) in [7, 11) is 0. The maximum absolute atomic E-state index is 12.8. The first-order valence-corrected chi connectivity index (χ1v) is 17.0. The number of ketones is 1. The number of unbranched alkanes of at least 4 members (excludes halogenated alkanes) is 1. The van der Waals surface area contributed by atoms with Gasteiger partial charge in [0.15, 0.2) is 0 Å². The zero-order valence-corrected chi connectivity index (χ0v) is 21.4. The van der Waals surface area contributed by atoms with Crippen molar-refractivity contribution in [2.24, 2.45) is 0 Å². The SMILES string of the molecule is CCCCNP(=[Se])([Se]CC(=O)c1cc(Br)ccc1Br)c1ccccc1. The Labute approximate surface area is 180 Å². The zero-order valence-electron chi connectivity index (χ0n) is 13.9. The average molecular weight is 615 g/mol. The zero-order chi connectivity index (χ0) is 18.3. The summed E-state index contributed by atoms with van der Waals surface area (Å²) < 4.78 is 0.178. The molecule has 0 aliphatic carbocycles. The molecule has 1 unspecified atom stereocenters. The van der Waals surface area contributed by atoms with Crippen molar-refractivity contribution in [3.63, 3.8) is 0 Å². The molecule has 2 rings (SSSR count). The average Bonchev–Trinajstić information content (AvgIpc) is 2.63. The van der Waals surface area contributed by atoms with E-state index < -0.39 is 4.35 Å². The first-order valence-electron chi connectivity index (χ1n) is 8.00. The predicted molar refractivity (Wildman–Crippen MR) is 118 cm³/mol. The minimum absolute atomic E-state index is 0.154. The van der Waals surface area contributed by atoms with E-state index in [4.69, 9.17) is 0 Å². The first-order chi connectivity index (χ1) is 12.0. The van der Waals surface area contributed by atoms with E-state index in [-0.39, 0.29) is 20.3 Å². The van der Waals surface area contributed by atoms with Gasteiger partial charge in [0, 0.05) is 0 Å². The third-order valence-corrected chi connectivity index (χ3v) is 18.2. The minimum atomic E-state index is -1.61. The van der Waals surface area contributed by atoms with Gasteiger partial charge < -0.3 is 0 Å². The molecular weight excluding hydrogens is 595 g/mol. The Morgan fingerprint density at radius 1 is 1.20 bits per heavy atom. The summed E-state index contributed by atoms with van der Waals surface area (Å²) in [4.78, 5) is 12.8. The fourth-order valence-corrected chi connectivity index (χ4v) is 12.9. The molecule has 0 bridgehead atoms. The molecule has 1 atom stereocenters. The second-order valence-corrected chi connectivity index (χ2v) is 22.1. The molecule has 0 spiro atoms. The van der Waals surface area contributed by atoms with Crippen LogP contribution in [0.4, 0.5) is 0 Å². The van der Waals surface area contributed by atoms with Gasteiger partial charge in [-0.2, -0.15) is 0 Å². The molecule has 2 aromatic carbocycles. The van der Waals surface area contributed by atoms with Gasteiger partial charge in [-0.05, 0) is 0 Å². The van der Waals surface area contributed by atoms with Gasteiger partial charge in [0.05, 0.1) is 0 Å². The molecular formula is C18H20Br2NOPSe2. The summed E-state index contributed by atoms with van der Waals surface area (Å²) in [6.07, 6.45) is 2.32. The number of halogens is 2. The number of carbonyl (C=O) groups excluding carboxylic acids is 1. The Hall–Kier alpha value is 0.499. The van der Waals surface area contributed by atoms with Crippen molar-refractivity contribution in [3.05, 3.63) is 63.0 Å². The Balaban J connectivity index is 2.15. The third kappa shape index (κ3) is 6.55. The van der Waals surface area contributed by atoms with Gasteiger partial charge in [0.2, 0.25) is 0 Å². The van der Waals surface area contributed by atoms with Crippen LogP contribution in [0.3, 0.4) is 0 Å². The first kappa shape index (κ1) is 21.8. The molecule has 1 N–H and O–H groups in total. The van der Waals surface area contributed by atoms with Crippen LogP contribution in [0.25, 0.3) is 0 Å². The summed E-state index contributed by atoms with van der Waals surface area (Å²) in [5.41, 5.74) is 0.754. The van der Waals surface area contributed by atoms with Crippen LogP contribution in [0.2, 0.25) is 5.32 Å². The van der Waals surface area contributed by atoms with Gasteiger partial charge >= 0.3 is 181 Å². The molecule has 7 heteroatoms. The van der Waals surface area contributed by atoms with E-state index in [1.165, 1.54) is 11.7 Å². The molecule has 0 amide bonds. The van der Waals surface area contributed by atoms with E-state index in [0.717, 1.165) is 27.5 Å². The van der Waals surface area contributed by atoms with Crippen molar-refractivity contribution in [2.45, 2.75) is 25.1 Å². The predicted octanol–water partition coefficient (Wildman–Crippen LogP) is 5.16. The van der Waals surface area contributed by atoms with E-state index in [9.17, 15) is 4.79 Å². The summed E-state index contributed by atoms with van der Waals surface area (Å²) in [5, 5.41) is 5.65. The van der Waals surface area contributed by atoms with E-state index in [0.29, 0.717) is 5.32 Å². The fraction of sp³-hybridized carbons (Fsp3) is 0.278. The molecule has 134 valence electrons. The Morgan fingerprint density at radius 3 is 2.60 bits per heavy atom. The van der Waals surface area contributed by atoms with Crippen molar-refractivity contribution in [2.75, 3.05) is 6.54 Å². The van der Waals surface area contributed by atoms with Crippen LogP contribution in [-0.4, -0.2) is 41.9 Å². The summed E-state index contributed by atoms with van der Waals surface area (Å²) >= 11 is 10.6. The molecule has 0 fully saturated rings. The van der Waals surface area contributed by atoms with E-state index in [1.807, 2.05) is 24.3 Å². The van der Waals surface area contributed by atoms with Crippen LogP contribution in [0.15, 0.2) is 57.5 Å². The molecule has 2 aromatic rings. The third-order valence-electron chi connectivity index (χ3n) is 3.55. The van der Waals surface area contributed by atoms with Crippen LogP contribution < -0.4 is 10.4 Å². The normalized spacial score (nSPS) is 13.4. The van der Waals surface area contributed by atoms with Gasteiger partial charge in [-0.25, -0.2) is 0 Å². The number of carbonyl (C=O) groups is 1. The number of hydrogen-bond acceptors (Lipinski definition) is 2. The van der Waals surface area contributed by atoms with Crippen molar-refractivity contribution in [1.82, 2.24) is 5.09 Å². The second-order valence-electron chi connectivity index (χ2n) is 5.47. The number of nitrogens with one attached hydrogen (secondary N) is 1. The number of rotatable bonds is 9.